The molecule has 1 amide bonds. The van der Waals surface area contributed by atoms with E-state index in [1.807, 2.05) is 45.0 Å². The van der Waals surface area contributed by atoms with Crippen molar-refractivity contribution in [1.29, 1.82) is 0 Å². The fraction of sp³-hybridized carbons (Fsp3) is 0.533. The smallest absolute Gasteiger partial charge is 0.229 e. The Kier molecular flexibility index (Phi) is 4.76. The van der Waals surface area contributed by atoms with Gasteiger partial charge < -0.3 is 10.1 Å². The van der Waals surface area contributed by atoms with Crippen molar-refractivity contribution >= 4 is 11.6 Å². The van der Waals surface area contributed by atoms with Crippen LogP contribution in [0.4, 0.5) is 5.69 Å². The second kappa shape index (κ2) is 5.89. The maximum atomic E-state index is 11.8. The van der Waals surface area contributed by atoms with Crippen molar-refractivity contribution in [3.8, 4) is 5.75 Å². The number of carbonyl (C=O) groups is 1. The monoisotopic (exact) mass is 249 g/mol. The Morgan fingerprint density at radius 2 is 1.78 bits per heavy atom. The van der Waals surface area contributed by atoms with Gasteiger partial charge in [-0.3, -0.25) is 4.79 Å². The molecule has 0 atom stereocenters. The molecule has 0 bridgehead atoms. The van der Waals surface area contributed by atoms with Gasteiger partial charge in [-0.15, -0.1) is 0 Å². The predicted molar refractivity (Wildman–Crippen MR) is 74.9 cm³/mol. The Balaban J connectivity index is 2.58. The van der Waals surface area contributed by atoms with Crippen molar-refractivity contribution in [3.63, 3.8) is 0 Å². The Labute approximate surface area is 110 Å². The number of amides is 1. The van der Waals surface area contributed by atoms with E-state index in [-0.39, 0.29) is 11.3 Å². The Bertz CT molecular complexity index is 388. The van der Waals surface area contributed by atoms with Gasteiger partial charge in [-0.25, -0.2) is 0 Å². The van der Waals surface area contributed by atoms with Crippen LogP contribution in [0, 0.1) is 11.3 Å². The third-order valence-electron chi connectivity index (χ3n) is 2.38. The van der Waals surface area contributed by atoms with Crippen molar-refractivity contribution in [2.24, 2.45) is 11.3 Å². The van der Waals surface area contributed by atoms with Crippen molar-refractivity contribution in [1.82, 2.24) is 0 Å². The summed E-state index contributed by atoms with van der Waals surface area (Å²) in [5.74, 6) is 1.35. The van der Waals surface area contributed by atoms with Gasteiger partial charge in [0, 0.05) is 11.1 Å². The van der Waals surface area contributed by atoms with Crippen molar-refractivity contribution in [2.45, 2.75) is 34.6 Å². The molecule has 0 heterocycles. The molecule has 0 unspecified atom stereocenters. The number of hydrogen-bond acceptors (Lipinski definition) is 2. The molecule has 100 valence electrons. The fourth-order valence-electron chi connectivity index (χ4n) is 1.22. The lowest BCUT2D eigenvalue weighted by Crippen LogP contribution is -2.27. The molecule has 18 heavy (non-hydrogen) atoms. The first kappa shape index (κ1) is 14.6. The highest BCUT2D eigenvalue weighted by Gasteiger charge is 2.20. The molecule has 0 saturated heterocycles. The minimum atomic E-state index is -0.382. The number of benzene rings is 1. The van der Waals surface area contributed by atoms with E-state index in [1.54, 1.807) is 0 Å². The highest BCUT2D eigenvalue weighted by Crippen LogP contribution is 2.20. The first-order valence-electron chi connectivity index (χ1n) is 6.33. The molecule has 3 nitrogen and oxygen atoms in total. The third-order valence-corrected chi connectivity index (χ3v) is 2.38. The third kappa shape index (κ3) is 4.78. The zero-order valence-corrected chi connectivity index (χ0v) is 11.9. The van der Waals surface area contributed by atoms with Gasteiger partial charge in [-0.1, -0.05) is 34.6 Å². The van der Waals surface area contributed by atoms with Gasteiger partial charge in [0.25, 0.3) is 0 Å². The number of rotatable bonds is 4. The molecule has 1 N–H and O–H groups in total. The Morgan fingerprint density at radius 3 is 2.22 bits per heavy atom. The number of hydrogen-bond donors (Lipinski definition) is 1. The summed E-state index contributed by atoms with van der Waals surface area (Å²) in [5.41, 5.74) is 0.416. The summed E-state index contributed by atoms with van der Waals surface area (Å²) < 4.78 is 5.58. The van der Waals surface area contributed by atoms with Crippen LogP contribution in [0.3, 0.4) is 0 Å². The lowest BCUT2D eigenvalue weighted by Gasteiger charge is -2.17. The van der Waals surface area contributed by atoms with Gasteiger partial charge in [-0.2, -0.15) is 0 Å². The van der Waals surface area contributed by atoms with E-state index in [0.29, 0.717) is 12.5 Å². The highest BCUT2D eigenvalue weighted by atomic mass is 16.5. The van der Waals surface area contributed by atoms with Crippen LogP contribution in [0.1, 0.15) is 34.6 Å². The molecule has 0 aromatic heterocycles. The van der Waals surface area contributed by atoms with Gasteiger partial charge in [-0.05, 0) is 30.2 Å². The van der Waals surface area contributed by atoms with Gasteiger partial charge >= 0.3 is 0 Å². The Hall–Kier alpha value is -1.51. The molecule has 0 aliphatic heterocycles. The largest absolute Gasteiger partial charge is 0.493 e. The van der Waals surface area contributed by atoms with E-state index in [9.17, 15) is 4.79 Å². The van der Waals surface area contributed by atoms with Gasteiger partial charge in [0.2, 0.25) is 5.91 Å². The summed E-state index contributed by atoms with van der Waals surface area (Å²) in [6, 6.07) is 7.47. The first-order chi connectivity index (χ1) is 8.29. The molecule has 0 fully saturated rings. The van der Waals surface area contributed by atoms with Crippen LogP contribution >= 0.6 is 0 Å². The molecular weight excluding hydrogens is 226 g/mol. The maximum absolute atomic E-state index is 11.8. The summed E-state index contributed by atoms with van der Waals surface area (Å²) in [6.45, 7) is 10.6. The van der Waals surface area contributed by atoms with Crippen LogP contribution in [0.5, 0.6) is 5.75 Å². The number of nitrogens with one attached hydrogen (secondary N) is 1. The zero-order chi connectivity index (χ0) is 13.8. The fourth-order valence-corrected chi connectivity index (χ4v) is 1.22. The van der Waals surface area contributed by atoms with Crippen LogP contribution in [-0.4, -0.2) is 12.5 Å². The van der Waals surface area contributed by atoms with E-state index < -0.39 is 0 Å². The second-order valence-electron chi connectivity index (χ2n) is 5.93. The van der Waals surface area contributed by atoms with E-state index in [0.717, 1.165) is 11.4 Å². The van der Waals surface area contributed by atoms with E-state index in [1.165, 1.54) is 0 Å². The van der Waals surface area contributed by atoms with Crippen LogP contribution in [0.2, 0.25) is 0 Å². The van der Waals surface area contributed by atoms with Gasteiger partial charge in [0.1, 0.15) is 5.75 Å². The summed E-state index contributed by atoms with van der Waals surface area (Å²) >= 11 is 0. The quantitative estimate of drug-likeness (QED) is 0.883. The van der Waals surface area contributed by atoms with Crippen LogP contribution in [0.15, 0.2) is 24.3 Å². The molecule has 1 aromatic rings. The summed E-state index contributed by atoms with van der Waals surface area (Å²) in [4.78, 5) is 11.8. The molecule has 1 rings (SSSR count). The Morgan fingerprint density at radius 1 is 1.22 bits per heavy atom. The molecule has 0 aliphatic carbocycles. The highest BCUT2D eigenvalue weighted by molar-refractivity contribution is 5.94. The molecular formula is C15H23NO2. The predicted octanol–water partition coefficient (Wildman–Crippen LogP) is 3.71. The minimum Gasteiger partial charge on any atom is -0.493 e. The van der Waals surface area contributed by atoms with E-state index in [4.69, 9.17) is 4.74 Å². The average Bonchev–Trinajstić information content (AvgIpc) is 2.26. The number of ether oxygens (including phenoxy) is 1. The van der Waals surface area contributed by atoms with Crippen molar-refractivity contribution in [2.75, 3.05) is 11.9 Å². The lowest BCUT2D eigenvalue weighted by atomic mass is 9.95. The number of anilines is 1. The molecule has 1 aromatic carbocycles. The standard InChI is InChI=1S/C15H23NO2/c1-11(2)10-18-13-8-6-12(7-9-13)16-14(17)15(3,4)5/h6-9,11H,10H2,1-5H3,(H,16,17). The molecule has 0 spiro atoms. The summed E-state index contributed by atoms with van der Waals surface area (Å²) in [7, 11) is 0. The minimum absolute atomic E-state index is 0.0124. The molecule has 0 aliphatic rings. The van der Waals surface area contributed by atoms with Crippen LogP contribution in [-0.2, 0) is 4.79 Å². The zero-order valence-electron chi connectivity index (χ0n) is 11.9. The van der Waals surface area contributed by atoms with Crippen molar-refractivity contribution in [3.05, 3.63) is 24.3 Å². The number of carbonyl (C=O) groups excluding carboxylic acids is 1. The summed E-state index contributed by atoms with van der Waals surface area (Å²) in [6.07, 6.45) is 0. The SMILES string of the molecule is CC(C)COc1ccc(NC(=O)C(C)(C)C)cc1. The lowest BCUT2D eigenvalue weighted by molar-refractivity contribution is -0.123. The van der Waals surface area contributed by atoms with Crippen molar-refractivity contribution < 1.29 is 9.53 Å². The first-order valence-corrected chi connectivity index (χ1v) is 6.33. The van der Waals surface area contributed by atoms with Crippen LogP contribution in [0.25, 0.3) is 0 Å². The van der Waals surface area contributed by atoms with Crippen LogP contribution < -0.4 is 10.1 Å². The molecule has 0 saturated carbocycles. The van der Waals surface area contributed by atoms with Gasteiger partial charge in [0.15, 0.2) is 0 Å². The topological polar surface area (TPSA) is 38.3 Å². The van der Waals surface area contributed by atoms with E-state index >= 15 is 0 Å². The molecule has 3 heteroatoms. The summed E-state index contributed by atoms with van der Waals surface area (Å²) in [5, 5.41) is 2.88. The normalized spacial score (nSPS) is 11.4. The van der Waals surface area contributed by atoms with E-state index in [2.05, 4.69) is 19.2 Å². The average molecular weight is 249 g/mol. The maximum Gasteiger partial charge on any atom is 0.229 e. The second-order valence-corrected chi connectivity index (χ2v) is 5.93. The van der Waals surface area contributed by atoms with Gasteiger partial charge in [0.05, 0.1) is 6.61 Å². The molecule has 0 radical (unpaired) electrons.